The minimum atomic E-state index is -3.83. The number of aryl methyl sites for hydroxylation is 1. The van der Waals surface area contributed by atoms with E-state index in [1.165, 1.54) is 10.2 Å². The van der Waals surface area contributed by atoms with Gasteiger partial charge in [-0.1, -0.05) is 43.5 Å². The maximum absolute atomic E-state index is 13.6. The van der Waals surface area contributed by atoms with Crippen molar-refractivity contribution < 1.29 is 17.9 Å². The summed E-state index contributed by atoms with van der Waals surface area (Å²) < 4.78 is 33.8. The molecule has 0 saturated carbocycles. The highest BCUT2D eigenvalue weighted by Gasteiger charge is 2.28. The summed E-state index contributed by atoms with van der Waals surface area (Å²) in [5.74, 6) is 0.491. The molecule has 0 bridgehead atoms. The van der Waals surface area contributed by atoms with Gasteiger partial charge in [0, 0.05) is 43.1 Å². The number of urea groups is 1. The first-order valence-electron chi connectivity index (χ1n) is 13.8. The van der Waals surface area contributed by atoms with E-state index in [4.69, 9.17) is 11.3 Å². The van der Waals surface area contributed by atoms with Crippen molar-refractivity contribution in [3.8, 4) is 5.75 Å². The fourth-order valence-corrected chi connectivity index (χ4v) is 6.31. The normalized spacial score (nSPS) is 13.9. The molecular weight excluding hydrogens is 538 g/mol. The van der Waals surface area contributed by atoms with Crippen LogP contribution in [0.15, 0.2) is 71.9 Å². The van der Waals surface area contributed by atoms with Crippen LogP contribution in [0.25, 0.3) is 15.9 Å². The lowest BCUT2D eigenvalue weighted by Crippen LogP contribution is -2.49. The van der Waals surface area contributed by atoms with Crippen molar-refractivity contribution >= 4 is 38.5 Å². The molecule has 10 heteroatoms. The average Bonchev–Trinajstić information content (AvgIpc) is 3.43. The van der Waals surface area contributed by atoms with Crippen molar-refractivity contribution in [2.45, 2.75) is 51.0 Å². The molecule has 1 fully saturated rings. The Labute approximate surface area is 240 Å². The van der Waals surface area contributed by atoms with Gasteiger partial charge in [-0.25, -0.2) is 27.0 Å². The van der Waals surface area contributed by atoms with Crippen LogP contribution in [0.2, 0.25) is 0 Å². The monoisotopic (exact) mass is 571 g/mol. The fourth-order valence-electron chi connectivity index (χ4n) is 5.01. The van der Waals surface area contributed by atoms with Crippen LogP contribution in [0.5, 0.6) is 5.75 Å². The topological polar surface area (TPSA) is 89.1 Å². The predicted octanol–water partition coefficient (Wildman–Crippen LogP) is 6.53. The number of hydrogen-bond acceptors (Lipinski definition) is 5. The van der Waals surface area contributed by atoms with Crippen molar-refractivity contribution in [2.24, 2.45) is 0 Å². The number of benzene rings is 2. The van der Waals surface area contributed by atoms with E-state index in [9.17, 15) is 13.2 Å². The third kappa shape index (κ3) is 5.77. The molecule has 41 heavy (non-hydrogen) atoms. The summed E-state index contributed by atoms with van der Waals surface area (Å²) in [6.07, 6.45) is 6.89. The van der Waals surface area contributed by atoms with E-state index in [-0.39, 0.29) is 10.9 Å². The van der Waals surface area contributed by atoms with Gasteiger partial charge < -0.3 is 9.64 Å². The lowest BCUT2D eigenvalue weighted by Gasteiger charge is -2.36. The van der Waals surface area contributed by atoms with Crippen molar-refractivity contribution in [3.05, 3.63) is 89.5 Å². The first-order chi connectivity index (χ1) is 19.8. The molecule has 1 aliphatic heterocycles. The van der Waals surface area contributed by atoms with E-state index in [0.29, 0.717) is 54.4 Å². The van der Waals surface area contributed by atoms with E-state index in [0.717, 1.165) is 36.8 Å². The van der Waals surface area contributed by atoms with Crippen LogP contribution in [0.1, 0.15) is 43.7 Å². The SMILES string of the molecule is [C-]#[N+]c1ccc(N2CCCN(Cc3ccnc4c3ccn4S(=O)(=O)c3ccc(C)cc3)C2=O)cc1OCCCCC. The Balaban J connectivity index is 1.38. The number of aromatic nitrogens is 2. The standard InChI is InChI=1S/C31H33N5O4S/c1-4-5-6-20-40-29-21-25(10-13-28(29)32-3)35-18-7-17-34(31(35)37)22-24-14-16-33-30-27(24)15-19-36(30)41(38,39)26-11-8-23(2)9-12-26/h8-16,19,21H,4-7,17-18,20,22H2,1-2H3. The van der Waals surface area contributed by atoms with Gasteiger partial charge in [0.05, 0.1) is 18.1 Å². The lowest BCUT2D eigenvalue weighted by atomic mass is 10.1. The van der Waals surface area contributed by atoms with E-state index >= 15 is 0 Å². The number of unbranched alkanes of at least 4 members (excludes halogenated alkanes) is 2. The molecule has 5 rings (SSSR count). The second-order valence-corrected chi connectivity index (χ2v) is 12.0. The molecule has 1 aliphatic rings. The first-order valence-corrected chi connectivity index (χ1v) is 15.3. The van der Waals surface area contributed by atoms with Gasteiger partial charge in [0.2, 0.25) is 5.69 Å². The van der Waals surface area contributed by atoms with Crippen molar-refractivity contribution in [1.82, 2.24) is 13.9 Å². The number of fused-ring (bicyclic) bond motifs is 1. The molecule has 2 aromatic carbocycles. The van der Waals surface area contributed by atoms with Gasteiger partial charge in [-0.3, -0.25) is 4.90 Å². The number of hydrogen-bond donors (Lipinski definition) is 0. The highest BCUT2D eigenvalue weighted by Crippen LogP contribution is 2.34. The lowest BCUT2D eigenvalue weighted by molar-refractivity contribution is 0.192. The highest BCUT2D eigenvalue weighted by atomic mass is 32.2. The molecule has 2 amide bonds. The predicted molar refractivity (Wildman–Crippen MR) is 159 cm³/mol. The zero-order valence-corrected chi connectivity index (χ0v) is 24.1. The third-order valence-corrected chi connectivity index (χ3v) is 8.96. The quantitative estimate of drug-likeness (QED) is 0.159. The summed E-state index contributed by atoms with van der Waals surface area (Å²) in [5.41, 5.74) is 3.22. The molecule has 4 aromatic rings. The van der Waals surface area contributed by atoms with Gasteiger partial charge in [-0.2, -0.15) is 0 Å². The van der Waals surface area contributed by atoms with Gasteiger partial charge in [0.15, 0.2) is 5.65 Å². The number of rotatable bonds is 10. The van der Waals surface area contributed by atoms with Crippen LogP contribution in [0.3, 0.4) is 0 Å². The molecule has 2 aromatic heterocycles. The number of nitrogens with zero attached hydrogens (tertiary/aromatic N) is 5. The van der Waals surface area contributed by atoms with E-state index in [1.54, 1.807) is 64.5 Å². The van der Waals surface area contributed by atoms with Crippen molar-refractivity contribution in [1.29, 1.82) is 0 Å². The van der Waals surface area contributed by atoms with Gasteiger partial charge in [0.25, 0.3) is 10.0 Å². The molecule has 9 nitrogen and oxygen atoms in total. The molecule has 0 atom stereocenters. The van der Waals surface area contributed by atoms with E-state index in [1.807, 2.05) is 13.0 Å². The molecule has 3 heterocycles. The zero-order valence-electron chi connectivity index (χ0n) is 23.3. The highest BCUT2D eigenvalue weighted by molar-refractivity contribution is 7.90. The third-order valence-electron chi connectivity index (χ3n) is 7.28. The Bertz CT molecular complexity index is 1710. The summed E-state index contributed by atoms with van der Waals surface area (Å²) in [4.78, 5) is 25.3. The largest absolute Gasteiger partial charge is 0.505 e. The summed E-state index contributed by atoms with van der Waals surface area (Å²) in [6, 6.07) is 15.4. The Hall–Kier alpha value is -4.36. The summed E-state index contributed by atoms with van der Waals surface area (Å²) in [5, 5.41) is 0.678. The molecular formula is C31H33N5O4S. The summed E-state index contributed by atoms with van der Waals surface area (Å²) in [7, 11) is -3.83. The molecule has 1 saturated heterocycles. The average molecular weight is 572 g/mol. The summed E-state index contributed by atoms with van der Waals surface area (Å²) >= 11 is 0. The van der Waals surface area contributed by atoms with Crippen LogP contribution >= 0.6 is 0 Å². The minimum absolute atomic E-state index is 0.152. The maximum Gasteiger partial charge on any atom is 0.324 e. The van der Waals surface area contributed by atoms with Crippen molar-refractivity contribution in [2.75, 3.05) is 24.6 Å². The summed E-state index contributed by atoms with van der Waals surface area (Å²) in [6.45, 7) is 13.5. The van der Waals surface area contributed by atoms with Crippen LogP contribution in [-0.4, -0.2) is 48.0 Å². The molecule has 0 N–H and O–H groups in total. The van der Waals surface area contributed by atoms with Gasteiger partial charge in [0.1, 0.15) is 5.75 Å². The number of ether oxygens (including phenoxy) is 1. The molecule has 0 unspecified atom stereocenters. The van der Waals surface area contributed by atoms with E-state index < -0.39 is 10.0 Å². The van der Waals surface area contributed by atoms with Gasteiger partial charge in [-0.05, 0) is 61.7 Å². The van der Waals surface area contributed by atoms with Crippen LogP contribution < -0.4 is 9.64 Å². The van der Waals surface area contributed by atoms with Crippen LogP contribution in [-0.2, 0) is 16.6 Å². The second kappa shape index (κ2) is 12.0. The zero-order chi connectivity index (χ0) is 29.0. The van der Waals surface area contributed by atoms with Gasteiger partial charge in [-0.15, -0.1) is 0 Å². The van der Waals surface area contributed by atoms with Gasteiger partial charge >= 0.3 is 6.03 Å². The number of carbonyl (C=O) groups is 1. The van der Waals surface area contributed by atoms with E-state index in [2.05, 4.69) is 16.8 Å². The Morgan fingerprint density at radius 3 is 2.61 bits per heavy atom. The fraction of sp³-hybridized carbons (Fsp3) is 0.323. The Morgan fingerprint density at radius 1 is 1.05 bits per heavy atom. The Morgan fingerprint density at radius 2 is 1.85 bits per heavy atom. The minimum Gasteiger partial charge on any atom is -0.505 e. The van der Waals surface area contributed by atoms with Crippen LogP contribution in [0, 0.1) is 13.5 Å². The Kier molecular flexibility index (Phi) is 8.26. The molecule has 0 spiro atoms. The van der Waals surface area contributed by atoms with Crippen molar-refractivity contribution in [3.63, 3.8) is 0 Å². The molecule has 212 valence electrons. The number of anilines is 1. The maximum atomic E-state index is 13.6. The number of carbonyl (C=O) groups excluding carboxylic acids is 1. The molecule has 0 radical (unpaired) electrons. The first kappa shape index (κ1) is 28.2. The van der Waals surface area contributed by atoms with Crippen LogP contribution in [0.4, 0.5) is 16.2 Å². The number of pyridine rings is 1. The smallest absolute Gasteiger partial charge is 0.324 e. The number of amides is 2. The second-order valence-electron chi connectivity index (χ2n) is 10.2. The molecule has 0 aliphatic carbocycles.